The maximum Gasteiger partial charge on any atom is 0.272 e. The van der Waals surface area contributed by atoms with Gasteiger partial charge in [0.1, 0.15) is 11.5 Å². The second kappa shape index (κ2) is 5.79. The van der Waals surface area contributed by atoms with E-state index in [1.54, 1.807) is 12.1 Å². The molecule has 0 saturated heterocycles. The third kappa shape index (κ3) is 2.93. The zero-order valence-electron chi connectivity index (χ0n) is 11.6. The maximum absolute atomic E-state index is 13.6. The lowest BCUT2D eigenvalue weighted by Crippen LogP contribution is -2.18. The van der Waals surface area contributed by atoms with Gasteiger partial charge in [-0.25, -0.2) is 4.39 Å². The lowest BCUT2D eigenvalue weighted by molar-refractivity contribution is 0.101. The molecule has 0 fully saturated rings. The van der Waals surface area contributed by atoms with E-state index in [9.17, 15) is 9.18 Å². The summed E-state index contributed by atoms with van der Waals surface area (Å²) < 4.78 is 15.8. The van der Waals surface area contributed by atoms with E-state index in [4.69, 9.17) is 0 Å². The summed E-state index contributed by atoms with van der Waals surface area (Å²) in [7, 11) is 0. The van der Waals surface area contributed by atoms with Crippen molar-refractivity contribution < 1.29 is 9.18 Å². The summed E-state index contributed by atoms with van der Waals surface area (Å²) in [5, 5.41) is 2.76. The number of nitrogens with one attached hydrogen (secondary N) is 1. The van der Waals surface area contributed by atoms with Gasteiger partial charge in [-0.05, 0) is 66.5 Å². The zero-order valence-corrected chi connectivity index (χ0v) is 13.2. The van der Waals surface area contributed by atoms with Crippen LogP contribution in [0, 0.1) is 12.7 Å². The molecule has 1 heterocycles. The van der Waals surface area contributed by atoms with Gasteiger partial charge in [0.05, 0.1) is 4.47 Å². The van der Waals surface area contributed by atoms with Crippen molar-refractivity contribution in [2.45, 2.75) is 26.8 Å². The van der Waals surface area contributed by atoms with Crippen LogP contribution in [0.4, 0.5) is 10.1 Å². The van der Waals surface area contributed by atoms with Gasteiger partial charge in [-0.2, -0.15) is 0 Å². The molecule has 0 bridgehead atoms. The maximum atomic E-state index is 13.6. The van der Waals surface area contributed by atoms with E-state index in [-0.39, 0.29) is 11.9 Å². The zero-order chi connectivity index (χ0) is 14.9. The monoisotopic (exact) mass is 338 g/mol. The molecule has 3 nitrogen and oxygen atoms in total. The summed E-state index contributed by atoms with van der Waals surface area (Å²) >= 11 is 3.12. The van der Waals surface area contributed by atoms with Gasteiger partial charge in [-0.3, -0.25) is 4.79 Å². The van der Waals surface area contributed by atoms with Gasteiger partial charge in [0, 0.05) is 17.9 Å². The second-order valence-corrected chi connectivity index (χ2v) is 5.78. The quantitative estimate of drug-likeness (QED) is 0.876. The fourth-order valence-electron chi connectivity index (χ4n) is 2.00. The fraction of sp³-hybridized carbons (Fsp3) is 0.267. The molecule has 0 atom stereocenters. The molecule has 106 valence electrons. The molecule has 20 heavy (non-hydrogen) atoms. The van der Waals surface area contributed by atoms with Crippen molar-refractivity contribution in [1.29, 1.82) is 0 Å². The standard InChI is InChI=1S/C15H16BrFN2O/c1-9(2)19-6-4-5-14(19)15(20)18-13-8-12(17)11(16)7-10(13)3/h4-9H,1-3H3,(H,18,20). The molecular weight excluding hydrogens is 323 g/mol. The minimum atomic E-state index is -0.398. The molecule has 0 unspecified atom stereocenters. The van der Waals surface area contributed by atoms with Crippen LogP contribution in [-0.2, 0) is 0 Å². The average molecular weight is 339 g/mol. The molecule has 2 aromatic rings. The number of aromatic nitrogens is 1. The normalized spacial score (nSPS) is 10.9. The molecule has 1 aromatic heterocycles. The van der Waals surface area contributed by atoms with Crippen LogP contribution in [0.1, 0.15) is 35.9 Å². The molecular formula is C15H16BrFN2O. The Hall–Kier alpha value is -1.62. The Kier molecular flexibility index (Phi) is 4.28. The largest absolute Gasteiger partial charge is 0.341 e. The summed E-state index contributed by atoms with van der Waals surface area (Å²) in [6.07, 6.45) is 1.86. The van der Waals surface area contributed by atoms with Crippen LogP contribution in [0.5, 0.6) is 0 Å². The fourth-order valence-corrected chi connectivity index (χ4v) is 2.46. The first-order valence-corrected chi connectivity index (χ1v) is 7.13. The first-order chi connectivity index (χ1) is 9.40. The van der Waals surface area contributed by atoms with Crippen LogP contribution in [0.25, 0.3) is 0 Å². The smallest absolute Gasteiger partial charge is 0.272 e. The van der Waals surface area contributed by atoms with Crippen molar-refractivity contribution in [2.75, 3.05) is 5.32 Å². The Morgan fingerprint density at radius 3 is 2.75 bits per heavy atom. The van der Waals surface area contributed by atoms with E-state index in [0.29, 0.717) is 15.9 Å². The van der Waals surface area contributed by atoms with E-state index < -0.39 is 5.82 Å². The van der Waals surface area contributed by atoms with E-state index >= 15 is 0 Å². The van der Waals surface area contributed by atoms with Gasteiger partial charge >= 0.3 is 0 Å². The summed E-state index contributed by atoms with van der Waals surface area (Å²) in [5.74, 6) is -0.640. The molecule has 1 aromatic carbocycles. The highest BCUT2D eigenvalue weighted by Gasteiger charge is 2.14. The Labute approximate surface area is 125 Å². The van der Waals surface area contributed by atoms with Crippen LogP contribution < -0.4 is 5.32 Å². The number of halogens is 2. The third-order valence-corrected chi connectivity index (χ3v) is 3.69. The number of aryl methyl sites for hydroxylation is 1. The number of amides is 1. The summed E-state index contributed by atoms with van der Waals surface area (Å²) in [5.41, 5.74) is 1.84. The molecule has 1 N–H and O–H groups in total. The molecule has 5 heteroatoms. The molecule has 1 amide bonds. The van der Waals surface area contributed by atoms with Gasteiger partial charge in [-0.1, -0.05) is 0 Å². The highest BCUT2D eigenvalue weighted by atomic mass is 79.9. The molecule has 0 radical (unpaired) electrons. The summed E-state index contributed by atoms with van der Waals surface area (Å²) in [4.78, 5) is 12.3. The van der Waals surface area contributed by atoms with E-state index in [1.165, 1.54) is 6.07 Å². The van der Waals surface area contributed by atoms with Crippen LogP contribution in [0.2, 0.25) is 0 Å². The first-order valence-electron chi connectivity index (χ1n) is 6.34. The van der Waals surface area contributed by atoms with E-state index in [2.05, 4.69) is 21.2 Å². The Morgan fingerprint density at radius 1 is 1.40 bits per heavy atom. The molecule has 0 aliphatic carbocycles. The van der Waals surface area contributed by atoms with Gasteiger partial charge in [0.15, 0.2) is 0 Å². The second-order valence-electron chi connectivity index (χ2n) is 4.93. The van der Waals surface area contributed by atoms with Gasteiger partial charge in [0.25, 0.3) is 5.91 Å². The number of nitrogens with zero attached hydrogens (tertiary/aromatic N) is 1. The first kappa shape index (κ1) is 14.8. The van der Waals surface area contributed by atoms with Crippen LogP contribution >= 0.6 is 15.9 Å². The predicted molar refractivity (Wildman–Crippen MR) is 81.6 cm³/mol. The number of carbonyl (C=O) groups is 1. The summed E-state index contributed by atoms with van der Waals surface area (Å²) in [6.45, 7) is 5.82. The number of rotatable bonds is 3. The van der Waals surface area contributed by atoms with Crippen molar-refractivity contribution in [1.82, 2.24) is 4.57 Å². The predicted octanol–water partition coefficient (Wildman–Crippen LogP) is 4.53. The van der Waals surface area contributed by atoms with Crippen molar-refractivity contribution in [3.63, 3.8) is 0 Å². The Morgan fingerprint density at radius 2 is 2.10 bits per heavy atom. The number of anilines is 1. The van der Waals surface area contributed by atoms with Gasteiger partial charge in [-0.15, -0.1) is 0 Å². The number of hydrogen-bond acceptors (Lipinski definition) is 1. The van der Waals surface area contributed by atoms with E-state index in [1.807, 2.05) is 37.6 Å². The number of carbonyl (C=O) groups excluding carboxylic acids is 1. The average Bonchev–Trinajstić information content (AvgIpc) is 2.85. The highest BCUT2D eigenvalue weighted by molar-refractivity contribution is 9.10. The van der Waals surface area contributed by atoms with Crippen LogP contribution in [0.15, 0.2) is 34.9 Å². The topological polar surface area (TPSA) is 34.0 Å². The SMILES string of the molecule is Cc1cc(Br)c(F)cc1NC(=O)c1cccn1C(C)C. The molecule has 2 rings (SSSR count). The van der Waals surface area contributed by atoms with Crippen LogP contribution in [0.3, 0.4) is 0 Å². The van der Waals surface area contributed by atoms with E-state index in [0.717, 1.165) is 5.56 Å². The van der Waals surface area contributed by atoms with Crippen molar-refractivity contribution in [3.8, 4) is 0 Å². The molecule has 0 aliphatic rings. The van der Waals surface area contributed by atoms with Crippen LogP contribution in [-0.4, -0.2) is 10.5 Å². The van der Waals surface area contributed by atoms with Gasteiger partial charge < -0.3 is 9.88 Å². The lowest BCUT2D eigenvalue weighted by atomic mass is 10.2. The molecule has 0 saturated carbocycles. The van der Waals surface area contributed by atoms with Crippen molar-refractivity contribution >= 4 is 27.5 Å². The number of benzene rings is 1. The van der Waals surface area contributed by atoms with Crippen molar-refractivity contribution in [3.05, 3.63) is 52.0 Å². The lowest BCUT2D eigenvalue weighted by Gasteiger charge is -2.14. The minimum Gasteiger partial charge on any atom is -0.341 e. The Balaban J connectivity index is 2.28. The molecule has 0 spiro atoms. The number of hydrogen-bond donors (Lipinski definition) is 1. The van der Waals surface area contributed by atoms with Crippen molar-refractivity contribution in [2.24, 2.45) is 0 Å². The Bertz CT molecular complexity index is 649. The minimum absolute atomic E-state index is 0.188. The summed E-state index contributed by atoms with van der Waals surface area (Å²) in [6, 6.07) is 6.73. The van der Waals surface area contributed by atoms with Gasteiger partial charge in [0.2, 0.25) is 0 Å². The third-order valence-electron chi connectivity index (χ3n) is 3.08. The molecule has 0 aliphatic heterocycles. The highest BCUT2D eigenvalue weighted by Crippen LogP contribution is 2.24.